The van der Waals surface area contributed by atoms with E-state index in [0.717, 1.165) is 27.0 Å². The van der Waals surface area contributed by atoms with Crippen LogP contribution in [0.15, 0.2) is 41.0 Å². The first kappa shape index (κ1) is 12.9. The van der Waals surface area contributed by atoms with E-state index in [9.17, 15) is 0 Å². The molecule has 102 valence electrons. The van der Waals surface area contributed by atoms with Gasteiger partial charge < -0.3 is 10.6 Å². The molecule has 3 rings (SSSR count). The molecular weight excluding hydrogens is 318 g/mol. The Morgan fingerprint density at radius 2 is 2.00 bits per heavy atom. The second-order valence-corrected chi connectivity index (χ2v) is 5.60. The molecule has 2 N–H and O–H groups in total. The second-order valence-electron chi connectivity index (χ2n) is 4.68. The number of benzene rings is 1. The molecule has 0 bridgehead atoms. The van der Waals surface area contributed by atoms with Gasteiger partial charge >= 0.3 is 0 Å². The van der Waals surface area contributed by atoms with Gasteiger partial charge in [0.15, 0.2) is 5.65 Å². The maximum Gasteiger partial charge on any atom is 0.207 e. The number of nitrogens with two attached hydrogens (primary N) is 1. The Morgan fingerprint density at radius 3 is 2.75 bits per heavy atom. The molecule has 2 aromatic heterocycles. The molecule has 0 aliphatic carbocycles. The summed E-state index contributed by atoms with van der Waals surface area (Å²) in [5.74, 6) is 0.430. The van der Waals surface area contributed by atoms with Crippen LogP contribution in [0.25, 0.3) is 16.9 Å². The van der Waals surface area contributed by atoms with E-state index < -0.39 is 0 Å². The first-order valence-electron chi connectivity index (χ1n) is 6.14. The fourth-order valence-electron chi connectivity index (χ4n) is 2.23. The summed E-state index contributed by atoms with van der Waals surface area (Å²) in [5, 5.41) is 0. The van der Waals surface area contributed by atoms with Crippen molar-refractivity contribution in [3.63, 3.8) is 0 Å². The molecule has 3 aromatic rings. The highest BCUT2D eigenvalue weighted by atomic mass is 79.9. The molecule has 1 aromatic carbocycles. The molecule has 20 heavy (non-hydrogen) atoms. The van der Waals surface area contributed by atoms with Gasteiger partial charge in [0.05, 0.1) is 11.4 Å². The standard InChI is InChI=1S/C14H14BrN5/c1-19(2)11-5-3-4-6-12(11)20-13-10(18-14(20)16)7-9(15)8-17-13/h3-8H,1-2H3,(H2,16,18). The summed E-state index contributed by atoms with van der Waals surface area (Å²) in [6, 6.07) is 9.94. The van der Waals surface area contributed by atoms with Gasteiger partial charge in [-0.2, -0.15) is 0 Å². The minimum Gasteiger partial charge on any atom is -0.376 e. The molecule has 0 aliphatic heterocycles. The molecular formula is C14H14BrN5. The minimum absolute atomic E-state index is 0.430. The highest BCUT2D eigenvalue weighted by molar-refractivity contribution is 9.10. The lowest BCUT2D eigenvalue weighted by molar-refractivity contribution is 1.04. The molecule has 0 unspecified atom stereocenters. The van der Waals surface area contributed by atoms with E-state index in [2.05, 4.69) is 25.9 Å². The molecule has 0 amide bonds. The van der Waals surface area contributed by atoms with Crippen molar-refractivity contribution in [3.05, 3.63) is 41.0 Å². The first-order chi connectivity index (χ1) is 9.58. The number of nitrogen functional groups attached to an aromatic ring is 1. The summed E-state index contributed by atoms with van der Waals surface area (Å²) >= 11 is 3.40. The van der Waals surface area contributed by atoms with Gasteiger partial charge in [0, 0.05) is 24.8 Å². The second kappa shape index (κ2) is 4.79. The van der Waals surface area contributed by atoms with E-state index in [1.54, 1.807) is 6.20 Å². The van der Waals surface area contributed by atoms with Gasteiger partial charge in [-0.25, -0.2) is 9.97 Å². The lowest BCUT2D eigenvalue weighted by Gasteiger charge is -2.18. The lowest BCUT2D eigenvalue weighted by Crippen LogP contribution is -2.13. The highest BCUT2D eigenvalue weighted by Crippen LogP contribution is 2.29. The van der Waals surface area contributed by atoms with Crippen LogP contribution in [-0.2, 0) is 0 Å². The summed E-state index contributed by atoms with van der Waals surface area (Å²) < 4.78 is 2.76. The molecule has 0 fully saturated rings. The van der Waals surface area contributed by atoms with Crippen LogP contribution in [0.1, 0.15) is 0 Å². The van der Waals surface area contributed by atoms with Crippen molar-refractivity contribution in [1.82, 2.24) is 14.5 Å². The van der Waals surface area contributed by atoms with Crippen LogP contribution in [0.2, 0.25) is 0 Å². The van der Waals surface area contributed by atoms with Crippen LogP contribution >= 0.6 is 15.9 Å². The normalized spacial score (nSPS) is 10.9. The van der Waals surface area contributed by atoms with Crippen molar-refractivity contribution in [3.8, 4) is 5.69 Å². The van der Waals surface area contributed by atoms with Crippen LogP contribution in [0, 0.1) is 0 Å². The smallest absolute Gasteiger partial charge is 0.207 e. The van der Waals surface area contributed by atoms with Gasteiger partial charge in [0.25, 0.3) is 0 Å². The number of aromatic nitrogens is 3. The average molecular weight is 332 g/mol. The van der Waals surface area contributed by atoms with Crippen molar-refractivity contribution in [2.24, 2.45) is 0 Å². The van der Waals surface area contributed by atoms with Gasteiger partial charge in [0.2, 0.25) is 5.95 Å². The van der Waals surface area contributed by atoms with Crippen molar-refractivity contribution in [2.75, 3.05) is 24.7 Å². The number of halogens is 1. The molecule has 0 saturated carbocycles. The summed E-state index contributed by atoms with van der Waals surface area (Å²) in [6.45, 7) is 0. The minimum atomic E-state index is 0.430. The number of fused-ring (bicyclic) bond motifs is 1. The lowest BCUT2D eigenvalue weighted by atomic mass is 10.2. The molecule has 0 spiro atoms. The monoisotopic (exact) mass is 331 g/mol. The number of nitrogens with zero attached hydrogens (tertiary/aromatic N) is 4. The van der Waals surface area contributed by atoms with E-state index in [-0.39, 0.29) is 0 Å². The quantitative estimate of drug-likeness (QED) is 0.784. The SMILES string of the molecule is CN(C)c1ccccc1-n1c(N)nc2cc(Br)cnc21. The number of pyridine rings is 1. The average Bonchev–Trinajstić information content (AvgIpc) is 2.73. The first-order valence-corrected chi connectivity index (χ1v) is 6.93. The molecule has 2 heterocycles. The number of hydrogen-bond donors (Lipinski definition) is 1. The molecule has 0 radical (unpaired) electrons. The van der Waals surface area contributed by atoms with E-state index >= 15 is 0 Å². The summed E-state index contributed by atoms with van der Waals surface area (Å²) in [4.78, 5) is 10.9. The third-order valence-electron chi connectivity index (χ3n) is 3.09. The highest BCUT2D eigenvalue weighted by Gasteiger charge is 2.15. The van der Waals surface area contributed by atoms with E-state index in [1.807, 2.05) is 53.9 Å². The Hall–Kier alpha value is -2.08. The fraction of sp³-hybridized carbons (Fsp3) is 0.143. The molecule has 5 nitrogen and oxygen atoms in total. The summed E-state index contributed by atoms with van der Waals surface area (Å²) in [7, 11) is 4.00. The maximum absolute atomic E-state index is 6.08. The van der Waals surface area contributed by atoms with Gasteiger partial charge in [-0.05, 0) is 34.1 Å². The van der Waals surface area contributed by atoms with Crippen LogP contribution in [0.3, 0.4) is 0 Å². The van der Waals surface area contributed by atoms with Gasteiger partial charge in [0.1, 0.15) is 5.52 Å². The van der Waals surface area contributed by atoms with E-state index in [0.29, 0.717) is 5.95 Å². The van der Waals surface area contributed by atoms with Gasteiger partial charge in [-0.3, -0.25) is 4.57 Å². The maximum atomic E-state index is 6.08. The van der Waals surface area contributed by atoms with Crippen LogP contribution < -0.4 is 10.6 Å². The van der Waals surface area contributed by atoms with Crippen molar-refractivity contribution < 1.29 is 0 Å². The van der Waals surface area contributed by atoms with Gasteiger partial charge in [-0.1, -0.05) is 12.1 Å². The zero-order valence-electron chi connectivity index (χ0n) is 11.2. The Kier molecular flexibility index (Phi) is 3.10. The Morgan fingerprint density at radius 1 is 1.25 bits per heavy atom. The zero-order chi connectivity index (χ0) is 14.3. The van der Waals surface area contributed by atoms with Crippen LogP contribution in [0.4, 0.5) is 11.6 Å². The number of anilines is 2. The van der Waals surface area contributed by atoms with E-state index in [1.165, 1.54) is 0 Å². The van der Waals surface area contributed by atoms with Crippen molar-refractivity contribution in [2.45, 2.75) is 0 Å². The number of hydrogen-bond acceptors (Lipinski definition) is 4. The van der Waals surface area contributed by atoms with Crippen LogP contribution in [-0.4, -0.2) is 28.6 Å². The number of imidazole rings is 1. The summed E-state index contributed by atoms with van der Waals surface area (Å²) in [6.07, 6.45) is 1.75. The molecule has 0 atom stereocenters. The van der Waals surface area contributed by atoms with Gasteiger partial charge in [-0.15, -0.1) is 0 Å². The molecule has 0 saturated heterocycles. The van der Waals surface area contributed by atoms with E-state index in [4.69, 9.17) is 5.73 Å². The zero-order valence-corrected chi connectivity index (χ0v) is 12.8. The fourth-order valence-corrected chi connectivity index (χ4v) is 2.55. The predicted molar refractivity (Wildman–Crippen MR) is 85.3 cm³/mol. The number of para-hydroxylation sites is 2. The molecule has 0 aliphatic rings. The summed E-state index contributed by atoms with van der Waals surface area (Å²) in [5.41, 5.74) is 9.63. The molecule has 6 heteroatoms. The number of rotatable bonds is 2. The van der Waals surface area contributed by atoms with Crippen molar-refractivity contribution >= 4 is 38.7 Å². The largest absolute Gasteiger partial charge is 0.376 e. The third kappa shape index (κ3) is 2.02. The third-order valence-corrected chi connectivity index (χ3v) is 3.53. The predicted octanol–water partition coefficient (Wildman–Crippen LogP) is 2.83. The Labute approximate surface area is 125 Å². The Bertz CT molecular complexity index is 778. The topological polar surface area (TPSA) is 60.0 Å². The van der Waals surface area contributed by atoms with Crippen molar-refractivity contribution in [1.29, 1.82) is 0 Å². The Balaban J connectivity index is 2.33. The van der Waals surface area contributed by atoms with Crippen LogP contribution in [0.5, 0.6) is 0 Å².